The maximum atomic E-state index is 8.52. The van der Waals surface area contributed by atoms with Gasteiger partial charge in [0.2, 0.25) is 0 Å². The number of alkyl halides is 1. The Kier molecular flexibility index (Phi) is 4.93. The van der Waals surface area contributed by atoms with Crippen LogP contribution in [0.2, 0.25) is 0 Å². The van der Waals surface area contributed by atoms with Gasteiger partial charge in [0.15, 0.2) is 0 Å². The molecule has 0 unspecified atom stereocenters. The van der Waals surface area contributed by atoms with E-state index in [1.807, 2.05) is 30.1 Å². The summed E-state index contributed by atoms with van der Waals surface area (Å²) in [5, 5.41) is 8.52. The van der Waals surface area contributed by atoms with Crippen LogP contribution in [0.4, 0.5) is 5.69 Å². The second kappa shape index (κ2) is 5.99. The molecule has 0 aliphatic carbocycles. The Hall–Kier alpha value is -0.720. The van der Waals surface area contributed by atoms with Crippen LogP contribution in [0, 0.1) is 11.3 Å². The molecular formula is C11H12BrClN2. The third kappa shape index (κ3) is 3.40. The third-order valence-electron chi connectivity index (χ3n) is 2.16. The molecule has 0 saturated heterocycles. The highest BCUT2D eigenvalue weighted by Gasteiger charge is 2.06. The average molecular weight is 288 g/mol. The molecule has 0 amide bonds. The van der Waals surface area contributed by atoms with E-state index in [-0.39, 0.29) is 0 Å². The molecule has 4 heteroatoms. The molecule has 2 nitrogen and oxygen atoms in total. The summed E-state index contributed by atoms with van der Waals surface area (Å²) >= 11 is 9.28. The fourth-order valence-electron chi connectivity index (χ4n) is 1.37. The zero-order valence-electron chi connectivity index (χ0n) is 8.50. The molecule has 0 bridgehead atoms. The number of hydrogen-bond donors (Lipinski definition) is 0. The maximum absolute atomic E-state index is 8.52. The Morgan fingerprint density at radius 2 is 2.27 bits per heavy atom. The molecule has 80 valence electrons. The summed E-state index contributed by atoms with van der Waals surface area (Å²) in [6, 6.07) is 8.13. The van der Waals surface area contributed by atoms with Crippen LogP contribution >= 0.6 is 27.5 Å². The summed E-state index contributed by atoms with van der Waals surface area (Å²) in [5.74, 6) is 0.478. The summed E-state index contributed by atoms with van der Waals surface area (Å²) in [4.78, 5) is 2.05. The minimum Gasteiger partial charge on any atom is -0.373 e. The van der Waals surface area contributed by atoms with Gasteiger partial charge in [-0.2, -0.15) is 5.26 Å². The van der Waals surface area contributed by atoms with Gasteiger partial charge in [0, 0.05) is 29.6 Å². The molecular weight excluding hydrogens is 275 g/mol. The van der Waals surface area contributed by atoms with E-state index < -0.39 is 0 Å². The van der Waals surface area contributed by atoms with Gasteiger partial charge in [-0.1, -0.05) is 15.9 Å². The van der Waals surface area contributed by atoms with Gasteiger partial charge in [-0.3, -0.25) is 0 Å². The van der Waals surface area contributed by atoms with Gasteiger partial charge in [-0.25, -0.2) is 0 Å². The molecule has 0 radical (unpaired) electrons. The van der Waals surface area contributed by atoms with Crippen molar-refractivity contribution in [1.29, 1.82) is 5.26 Å². The van der Waals surface area contributed by atoms with Crippen LogP contribution in [0.25, 0.3) is 0 Å². The van der Waals surface area contributed by atoms with Crippen LogP contribution in [0.5, 0.6) is 0 Å². The molecule has 0 fully saturated rings. The molecule has 0 aliphatic rings. The lowest BCUT2D eigenvalue weighted by atomic mass is 10.2. The fourth-order valence-corrected chi connectivity index (χ4v) is 1.99. The van der Waals surface area contributed by atoms with Crippen LogP contribution < -0.4 is 4.90 Å². The SMILES string of the molecule is CN(CCC#N)c1ccc(Br)cc1CCl. The molecule has 0 N–H and O–H groups in total. The molecule has 0 aromatic heterocycles. The van der Waals surface area contributed by atoms with E-state index in [1.165, 1.54) is 0 Å². The minimum absolute atomic E-state index is 0.478. The summed E-state index contributed by atoms with van der Waals surface area (Å²) < 4.78 is 1.02. The van der Waals surface area contributed by atoms with E-state index >= 15 is 0 Å². The molecule has 15 heavy (non-hydrogen) atoms. The molecule has 0 aliphatic heterocycles. The highest BCUT2D eigenvalue weighted by molar-refractivity contribution is 9.10. The summed E-state index contributed by atoms with van der Waals surface area (Å²) in [6.45, 7) is 0.724. The van der Waals surface area contributed by atoms with Crippen molar-refractivity contribution in [2.24, 2.45) is 0 Å². The quantitative estimate of drug-likeness (QED) is 0.792. The van der Waals surface area contributed by atoms with Crippen molar-refractivity contribution in [1.82, 2.24) is 0 Å². The Balaban J connectivity index is 2.88. The average Bonchev–Trinajstić information content (AvgIpc) is 2.25. The Labute approximate surface area is 104 Å². The van der Waals surface area contributed by atoms with Crippen LogP contribution in [0.3, 0.4) is 0 Å². The Morgan fingerprint density at radius 3 is 2.87 bits per heavy atom. The van der Waals surface area contributed by atoms with Crippen molar-refractivity contribution in [3.05, 3.63) is 28.2 Å². The second-order valence-electron chi connectivity index (χ2n) is 3.24. The van der Waals surface area contributed by atoms with Crippen LogP contribution in [0.1, 0.15) is 12.0 Å². The van der Waals surface area contributed by atoms with Crippen molar-refractivity contribution in [3.8, 4) is 6.07 Å². The standard InChI is InChI=1S/C11H12BrClN2/c1-15(6-2-5-14)11-4-3-10(12)7-9(11)8-13/h3-4,7H,2,6,8H2,1H3. The number of hydrogen-bond acceptors (Lipinski definition) is 2. The van der Waals surface area contributed by atoms with Crippen molar-refractivity contribution in [2.75, 3.05) is 18.5 Å². The van der Waals surface area contributed by atoms with Crippen LogP contribution in [-0.2, 0) is 5.88 Å². The zero-order chi connectivity index (χ0) is 11.3. The number of nitrogens with zero attached hydrogens (tertiary/aromatic N) is 2. The fraction of sp³-hybridized carbons (Fsp3) is 0.364. The first-order chi connectivity index (χ1) is 7.19. The molecule has 0 spiro atoms. The number of anilines is 1. The Morgan fingerprint density at radius 1 is 1.53 bits per heavy atom. The van der Waals surface area contributed by atoms with Crippen molar-refractivity contribution < 1.29 is 0 Å². The highest BCUT2D eigenvalue weighted by Crippen LogP contribution is 2.25. The topological polar surface area (TPSA) is 27.0 Å². The first-order valence-corrected chi connectivity index (χ1v) is 5.94. The number of nitriles is 1. The number of rotatable bonds is 4. The predicted octanol–water partition coefficient (Wildman–Crippen LogP) is 3.54. The minimum atomic E-state index is 0.478. The van der Waals surface area contributed by atoms with E-state index in [1.54, 1.807) is 0 Å². The molecule has 1 aromatic carbocycles. The van der Waals surface area contributed by atoms with E-state index in [9.17, 15) is 0 Å². The van der Waals surface area contributed by atoms with Crippen LogP contribution in [-0.4, -0.2) is 13.6 Å². The first-order valence-electron chi connectivity index (χ1n) is 4.61. The van der Waals surface area contributed by atoms with Gasteiger partial charge in [0.1, 0.15) is 0 Å². The normalized spacial score (nSPS) is 9.73. The number of halogens is 2. The molecule has 0 saturated carbocycles. The van der Waals surface area contributed by atoms with Crippen molar-refractivity contribution in [3.63, 3.8) is 0 Å². The van der Waals surface area contributed by atoms with E-state index in [0.717, 1.165) is 22.3 Å². The first kappa shape index (κ1) is 12.4. The van der Waals surface area contributed by atoms with Gasteiger partial charge in [0.25, 0.3) is 0 Å². The van der Waals surface area contributed by atoms with Gasteiger partial charge in [-0.05, 0) is 23.8 Å². The van der Waals surface area contributed by atoms with Crippen LogP contribution in [0.15, 0.2) is 22.7 Å². The zero-order valence-corrected chi connectivity index (χ0v) is 10.8. The molecule has 0 atom stereocenters. The summed E-state index contributed by atoms with van der Waals surface area (Å²) in [5.41, 5.74) is 2.16. The van der Waals surface area contributed by atoms with E-state index in [4.69, 9.17) is 16.9 Å². The van der Waals surface area contributed by atoms with Gasteiger partial charge < -0.3 is 4.90 Å². The molecule has 1 rings (SSSR count). The Bertz CT molecular complexity index is 373. The van der Waals surface area contributed by atoms with E-state index in [0.29, 0.717) is 12.3 Å². The van der Waals surface area contributed by atoms with Crippen molar-refractivity contribution >= 4 is 33.2 Å². The second-order valence-corrected chi connectivity index (χ2v) is 4.42. The van der Waals surface area contributed by atoms with Crippen molar-refractivity contribution in [2.45, 2.75) is 12.3 Å². The number of benzene rings is 1. The van der Waals surface area contributed by atoms with Gasteiger partial charge in [0.05, 0.1) is 12.5 Å². The van der Waals surface area contributed by atoms with Gasteiger partial charge in [-0.15, -0.1) is 11.6 Å². The summed E-state index contributed by atoms with van der Waals surface area (Å²) in [7, 11) is 1.97. The highest BCUT2D eigenvalue weighted by atomic mass is 79.9. The lowest BCUT2D eigenvalue weighted by molar-refractivity contribution is 0.899. The van der Waals surface area contributed by atoms with E-state index in [2.05, 4.69) is 22.0 Å². The largest absolute Gasteiger partial charge is 0.373 e. The lowest BCUT2D eigenvalue weighted by Crippen LogP contribution is -2.19. The third-order valence-corrected chi connectivity index (χ3v) is 2.94. The smallest absolute Gasteiger partial charge is 0.0640 e. The molecule has 0 heterocycles. The van der Waals surface area contributed by atoms with Gasteiger partial charge >= 0.3 is 0 Å². The summed E-state index contributed by atoms with van der Waals surface area (Å²) in [6.07, 6.45) is 0.522. The monoisotopic (exact) mass is 286 g/mol. The lowest BCUT2D eigenvalue weighted by Gasteiger charge is -2.20. The predicted molar refractivity (Wildman–Crippen MR) is 67.2 cm³/mol. The molecule has 1 aromatic rings. The maximum Gasteiger partial charge on any atom is 0.0640 e.